The molecule has 1 unspecified atom stereocenters. The molecule has 0 saturated heterocycles. The summed E-state index contributed by atoms with van der Waals surface area (Å²) >= 11 is 2.17. The van der Waals surface area contributed by atoms with Crippen LogP contribution in [0.5, 0.6) is 0 Å². The van der Waals surface area contributed by atoms with Crippen LogP contribution in [-0.2, 0) is 18.1 Å². The summed E-state index contributed by atoms with van der Waals surface area (Å²) in [5.41, 5.74) is -1.09. The van der Waals surface area contributed by atoms with Crippen LogP contribution in [0.25, 0.3) is 0 Å². The van der Waals surface area contributed by atoms with Crippen molar-refractivity contribution in [2.75, 3.05) is 11.5 Å². The Morgan fingerprint density at radius 3 is 1.87 bits per heavy atom. The summed E-state index contributed by atoms with van der Waals surface area (Å²) in [5, 5.41) is 0. The second kappa shape index (κ2) is 5.45. The van der Waals surface area contributed by atoms with Crippen molar-refractivity contribution in [1.82, 2.24) is 0 Å². The van der Waals surface area contributed by atoms with E-state index in [9.17, 15) is 4.57 Å². The second-order valence-corrected chi connectivity index (χ2v) is 7.21. The fourth-order valence-electron chi connectivity index (χ4n) is 0.756. The fraction of sp³-hybridized carbons (Fsp3) is 1.00. The van der Waals surface area contributed by atoms with Gasteiger partial charge in [0, 0.05) is 11.5 Å². The van der Waals surface area contributed by atoms with Crippen molar-refractivity contribution >= 4 is 30.4 Å². The highest BCUT2D eigenvalue weighted by Gasteiger charge is 2.37. The Morgan fingerprint density at radius 2 is 1.60 bits per heavy atom. The van der Waals surface area contributed by atoms with Gasteiger partial charge >= 0.3 is 7.82 Å². The van der Waals surface area contributed by atoms with Crippen molar-refractivity contribution in [2.24, 2.45) is 0 Å². The van der Waals surface area contributed by atoms with Crippen LogP contribution in [-0.4, -0.2) is 22.7 Å². The van der Waals surface area contributed by atoms with E-state index in [0.29, 0.717) is 4.43 Å². The molecule has 0 bridgehead atoms. The van der Waals surface area contributed by atoms with Gasteiger partial charge in [0.15, 0.2) is 0 Å². The van der Waals surface area contributed by atoms with Crippen LogP contribution in [0.15, 0.2) is 0 Å². The predicted molar refractivity (Wildman–Crippen MR) is 69.5 cm³/mol. The Bertz CT molecular complexity index is 247. The summed E-state index contributed by atoms with van der Waals surface area (Å²) in [5.74, 6) is 0. The molecule has 0 N–H and O–H groups in total. The van der Waals surface area contributed by atoms with E-state index in [0.717, 1.165) is 0 Å². The molecule has 0 aromatic carbocycles. The number of alkyl halides is 1. The van der Waals surface area contributed by atoms with Crippen molar-refractivity contribution < 1.29 is 18.1 Å². The maximum atomic E-state index is 12.1. The fourth-order valence-corrected chi connectivity index (χ4v) is 2.68. The van der Waals surface area contributed by atoms with E-state index >= 15 is 0 Å². The third kappa shape index (κ3) is 6.89. The van der Waals surface area contributed by atoms with Crippen LogP contribution in [0, 0.1) is 0 Å². The maximum Gasteiger partial charge on any atom is 0.475 e. The average molecular weight is 350 g/mol. The van der Waals surface area contributed by atoms with Crippen LogP contribution in [0.1, 0.15) is 34.6 Å². The second-order valence-electron chi connectivity index (χ2n) is 4.82. The summed E-state index contributed by atoms with van der Waals surface area (Å²) < 4.78 is 28.4. The first kappa shape index (κ1) is 15.8. The standard InChI is InChI=1S/C9H20IO4P/c1-8(2,3)13-15(11,12-6)14-9(4,5)7-10/h7H2,1-6H3. The molecule has 0 aromatic heterocycles. The van der Waals surface area contributed by atoms with Crippen molar-refractivity contribution in [3.8, 4) is 0 Å². The van der Waals surface area contributed by atoms with Crippen LogP contribution in [0.3, 0.4) is 0 Å². The lowest BCUT2D eigenvalue weighted by Gasteiger charge is -2.31. The third-order valence-corrected chi connectivity index (χ3v) is 5.06. The molecule has 0 amide bonds. The van der Waals surface area contributed by atoms with E-state index in [-0.39, 0.29) is 0 Å². The van der Waals surface area contributed by atoms with Crippen molar-refractivity contribution in [3.05, 3.63) is 0 Å². The molecule has 6 heteroatoms. The van der Waals surface area contributed by atoms with Crippen molar-refractivity contribution in [3.63, 3.8) is 0 Å². The first-order chi connectivity index (χ1) is 6.54. The zero-order valence-corrected chi connectivity index (χ0v) is 13.2. The zero-order valence-electron chi connectivity index (χ0n) is 10.2. The van der Waals surface area contributed by atoms with Gasteiger partial charge in [0.2, 0.25) is 0 Å². The molecule has 0 saturated carbocycles. The lowest BCUT2D eigenvalue weighted by molar-refractivity contribution is 0.0135. The van der Waals surface area contributed by atoms with Crippen molar-refractivity contribution in [1.29, 1.82) is 0 Å². The lowest BCUT2D eigenvalue weighted by Crippen LogP contribution is -2.28. The molecule has 15 heavy (non-hydrogen) atoms. The molecule has 0 aromatic rings. The molecule has 0 rings (SSSR count). The molecule has 0 spiro atoms. The van der Waals surface area contributed by atoms with Gasteiger partial charge in [0.1, 0.15) is 0 Å². The number of rotatable bonds is 5. The largest absolute Gasteiger partial charge is 0.475 e. The number of hydrogen-bond donors (Lipinski definition) is 0. The van der Waals surface area contributed by atoms with Gasteiger partial charge in [-0.05, 0) is 34.6 Å². The van der Waals surface area contributed by atoms with E-state index < -0.39 is 19.0 Å². The minimum absolute atomic E-state index is 0.530. The molecule has 92 valence electrons. The van der Waals surface area contributed by atoms with Gasteiger partial charge in [-0.1, -0.05) is 22.6 Å². The Morgan fingerprint density at radius 1 is 1.13 bits per heavy atom. The number of halogens is 1. The SMILES string of the molecule is COP(=O)(OC(C)(C)C)OC(C)(C)CI. The first-order valence-corrected chi connectivity index (χ1v) is 7.65. The summed E-state index contributed by atoms with van der Waals surface area (Å²) in [6.07, 6.45) is 0. The Hall–Kier alpha value is 0.840. The zero-order chi connectivity index (χ0) is 12.3. The van der Waals surface area contributed by atoms with Gasteiger partial charge in [0.05, 0.1) is 11.2 Å². The highest BCUT2D eigenvalue weighted by Crippen LogP contribution is 2.54. The van der Waals surface area contributed by atoms with Gasteiger partial charge in [-0.25, -0.2) is 4.57 Å². The van der Waals surface area contributed by atoms with Crippen LogP contribution < -0.4 is 0 Å². The third-order valence-electron chi connectivity index (χ3n) is 1.29. The minimum atomic E-state index is -3.46. The molecule has 0 fully saturated rings. The van der Waals surface area contributed by atoms with Crippen LogP contribution in [0.2, 0.25) is 0 Å². The van der Waals surface area contributed by atoms with Gasteiger partial charge in [-0.3, -0.25) is 13.6 Å². The lowest BCUT2D eigenvalue weighted by atomic mass is 10.2. The normalized spacial score (nSPS) is 17.5. The summed E-state index contributed by atoms with van der Waals surface area (Å²) in [6.45, 7) is 9.10. The molecule has 0 heterocycles. The molecular formula is C9H20IO4P. The highest BCUT2D eigenvalue weighted by atomic mass is 127. The molecule has 0 aliphatic carbocycles. The topological polar surface area (TPSA) is 44.8 Å². The molecule has 1 atom stereocenters. The van der Waals surface area contributed by atoms with E-state index in [2.05, 4.69) is 22.6 Å². The average Bonchev–Trinajstić information content (AvgIpc) is 2.00. The summed E-state index contributed by atoms with van der Waals surface area (Å²) in [4.78, 5) is 0. The minimum Gasteiger partial charge on any atom is -0.290 e. The van der Waals surface area contributed by atoms with Crippen LogP contribution in [0.4, 0.5) is 0 Å². The van der Waals surface area contributed by atoms with E-state index in [1.807, 2.05) is 13.8 Å². The van der Waals surface area contributed by atoms with Gasteiger partial charge < -0.3 is 0 Å². The van der Waals surface area contributed by atoms with E-state index in [1.54, 1.807) is 20.8 Å². The quantitative estimate of drug-likeness (QED) is 0.430. The molecular weight excluding hydrogens is 330 g/mol. The smallest absolute Gasteiger partial charge is 0.290 e. The molecule has 0 radical (unpaired) electrons. The Kier molecular flexibility index (Phi) is 5.75. The van der Waals surface area contributed by atoms with Gasteiger partial charge in [0.25, 0.3) is 0 Å². The van der Waals surface area contributed by atoms with Crippen LogP contribution >= 0.6 is 30.4 Å². The predicted octanol–water partition coefficient (Wildman–Crippen LogP) is 3.79. The Balaban J connectivity index is 4.67. The maximum absolute atomic E-state index is 12.1. The molecule has 4 nitrogen and oxygen atoms in total. The number of phosphoric ester groups is 1. The monoisotopic (exact) mass is 350 g/mol. The van der Waals surface area contributed by atoms with E-state index in [4.69, 9.17) is 13.6 Å². The highest BCUT2D eigenvalue weighted by molar-refractivity contribution is 14.1. The summed E-state index contributed by atoms with van der Waals surface area (Å²) in [6, 6.07) is 0. The first-order valence-electron chi connectivity index (χ1n) is 4.67. The molecule has 0 aliphatic rings. The van der Waals surface area contributed by atoms with Gasteiger partial charge in [-0.15, -0.1) is 0 Å². The molecule has 0 aliphatic heterocycles. The van der Waals surface area contributed by atoms with E-state index in [1.165, 1.54) is 7.11 Å². The summed E-state index contributed by atoms with van der Waals surface area (Å²) in [7, 11) is -2.14. The van der Waals surface area contributed by atoms with Gasteiger partial charge in [-0.2, -0.15) is 0 Å². The number of hydrogen-bond acceptors (Lipinski definition) is 4. The number of phosphoric acid groups is 1. The van der Waals surface area contributed by atoms with Crippen molar-refractivity contribution in [2.45, 2.75) is 45.8 Å². The Labute approximate surface area is 106 Å².